The molecule has 2 rings (SSSR count). The average Bonchev–Trinajstić information content (AvgIpc) is 2.56. The highest BCUT2D eigenvalue weighted by atomic mass is 16.5. The number of nitrogens with zero attached hydrogens (tertiary/aromatic N) is 2. The van der Waals surface area contributed by atoms with E-state index in [-0.39, 0.29) is 6.03 Å². The number of benzene rings is 1. The lowest BCUT2D eigenvalue weighted by atomic mass is 10.1. The largest absolute Gasteiger partial charge is 0.496 e. The zero-order chi connectivity index (χ0) is 15.8. The van der Waals surface area contributed by atoms with Gasteiger partial charge in [-0.1, -0.05) is 24.3 Å². The van der Waals surface area contributed by atoms with Gasteiger partial charge in [0.05, 0.1) is 7.11 Å². The first-order chi connectivity index (χ1) is 10.7. The van der Waals surface area contributed by atoms with E-state index in [1.54, 1.807) is 7.11 Å². The number of hydrogen-bond donors (Lipinski definition) is 1. The molecule has 1 N–H and O–H groups in total. The van der Waals surface area contributed by atoms with Crippen LogP contribution in [0.4, 0.5) is 4.79 Å². The standard InChI is InChI=1S/C17H25N3O2/c1-3-10-19-11-13-20(14-12-19)17(21)18-9-8-15-6-4-5-7-16(15)22-2/h3-7H,1,8-14H2,2H3,(H,18,21). The number of hydrogen-bond acceptors (Lipinski definition) is 3. The first kappa shape index (κ1) is 16.4. The predicted molar refractivity (Wildman–Crippen MR) is 88.3 cm³/mol. The Labute approximate surface area is 132 Å². The van der Waals surface area contributed by atoms with Crippen LogP contribution in [0.2, 0.25) is 0 Å². The fraction of sp³-hybridized carbons (Fsp3) is 0.471. The van der Waals surface area contributed by atoms with Gasteiger partial charge in [-0.25, -0.2) is 4.79 Å². The Hall–Kier alpha value is -2.01. The van der Waals surface area contributed by atoms with Gasteiger partial charge in [-0.2, -0.15) is 0 Å². The minimum atomic E-state index is 0.0214. The van der Waals surface area contributed by atoms with Crippen molar-refractivity contribution in [1.82, 2.24) is 15.1 Å². The topological polar surface area (TPSA) is 44.8 Å². The summed E-state index contributed by atoms with van der Waals surface area (Å²) in [5.74, 6) is 0.870. The Bertz CT molecular complexity index is 496. The lowest BCUT2D eigenvalue weighted by molar-refractivity contribution is 0.147. The summed E-state index contributed by atoms with van der Waals surface area (Å²) in [5.41, 5.74) is 1.11. The number of carbonyl (C=O) groups is 1. The maximum atomic E-state index is 12.2. The molecule has 0 atom stereocenters. The third kappa shape index (κ3) is 4.49. The van der Waals surface area contributed by atoms with E-state index in [2.05, 4.69) is 16.8 Å². The van der Waals surface area contributed by atoms with Gasteiger partial charge in [-0.3, -0.25) is 4.90 Å². The van der Waals surface area contributed by atoms with Crippen molar-refractivity contribution in [3.8, 4) is 5.75 Å². The highest BCUT2D eigenvalue weighted by Gasteiger charge is 2.19. The van der Waals surface area contributed by atoms with E-state index in [1.165, 1.54) is 0 Å². The molecule has 1 fully saturated rings. The summed E-state index contributed by atoms with van der Waals surface area (Å²) in [5, 5.41) is 2.99. The van der Waals surface area contributed by atoms with Gasteiger partial charge in [-0.05, 0) is 18.1 Å². The Morgan fingerprint density at radius 2 is 2.05 bits per heavy atom. The average molecular weight is 303 g/mol. The van der Waals surface area contributed by atoms with Crippen LogP contribution in [0.5, 0.6) is 5.75 Å². The van der Waals surface area contributed by atoms with Gasteiger partial charge in [0.1, 0.15) is 5.75 Å². The molecule has 0 aromatic heterocycles. The molecule has 0 saturated carbocycles. The third-order valence-electron chi connectivity index (χ3n) is 3.91. The zero-order valence-corrected chi connectivity index (χ0v) is 13.3. The maximum absolute atomic E-state index is 12.2. The second-order valence-corrected chi connectivity index (χ2v) is 5.37. The Balaban J connectivity index is 1.73. The minimum absolute atomic E-state index is 0.0214. The molecule has 0 radical (unpaired) electrons. The van der Waals surface area contributed by atoms with Crippen molar-refractivity contribution in [3.63, 3.8) is 0 Å². The number of ether oxygens (including phenoxy) is 1. The van der Waals surface area contributed by atoms with Crippen molar-refractivity contribution in [2.45, 2.75) is 6.42 Å². The molecule has 0 aliphatic carbocycles. The molecule has 1 saturated heterocycles. The molecular formula is C17H25N3O2. The van der Waals surface area contributed by atoms with Crippen LogP contribution in [0.1, 0.15) is 5.56 Å². The van der Waals surface area contributed by atoms with E-state index in [4.69, 9.17) is 4.74 Å². The molecule has 1 aromatic rings. The first-order valence-electron chi connectivity index (χ1n) is 7.72. The van der Waals surface area contributed by atoms with Gasteiger partial charge in [0.15, 0.2) is 0 Å². The Morgan fingerprint density at radius 3 is 2.73 bits per heavy atom. The molecule has 0 spiro atoms. The number of methoxy groups -OCH3 is 1. The van der Waals surface area contributed by atoms with E-state index in [1.807, 2.05) is 35.2 Å². The Kier molecular flexibility index (Phi) is 6.27. The van der Waals surface area contributed by atoms with Gasteiger partial charge in [0.2, 0.25) is 0 Å². The van der Waals surface area contributed by atoms with Gasteiger partial charge >= 0.3 is 6.03 Å². The van der Waals surface area contributed by atoms with Crippen LogP contribution < -0.4 is 10.1 Å². The molecule has 1 heterocycles. The molecule has 0 unspecified atom stereocenters. The van der Waals surface area contributed by atoms with Crippen LogP contribution in [0.3, 0.4) is 0 Å². The SMILES string of the molecule is C=CCN1CCN(C(=O)NCCc2ccccc2OC)CC1. The maximum Gasteiger partial charge on any atom is 0.317 e. The summed E-state index contributed by atoms with van der Waals surface area (Å²) < 4.78 is 5.32. The van der Waals surface area contributed by atoms with Gasteiger partial charge in [0.25, 0.3) is 0 Å². The van der Waals surface area contributed by atoms with Crippen molar-refractivity contribution in [2.75, 3.05) is 46.4 Å². The molecule has 120 valence electrons. The Morgan fingerprint density at radius 1 is 1.32 bits per heavy atom. The molecule has 2 amide bonds. The summed E-state index contributed by atoms with van der Waals surface area (Å²) in [4.78, 5) is 16.3. The van der Waals surface area contributed by atoms with Crippen molar-refractivity contribution >= 4 is 6.03 Å². The van der Waals surface area contributed by atoms with Gasteiger partial charge in [0, 0.05) is 39.3 Å². The fourth-order valence-electron chi connectivity index (χ4n) is 2.64. The second kappa shape index (κ2) is 8.44. The minimum Gasteiger partial charge on any atom is -0.496 e. The van der Waals surface area contributed by atoms with Crippen molar-refractivity contribution in [1.29, 1.82) is 0 Å². The number of para-hydroxylation sites is 1. The number of piperazine rings is 1. The number of carbonyl (C=O) groups excluding carboxylic acids is 1. The summed E-state index contributed by atoms with van der Waals surface area (Å²) in [6, 6.07) is 7.92. The molecule has 1 aliphatic heterocycles. The van der Waals surface area contributed by atoms with E-state index < -0.39 is 0 Å². The van der Waals surface area contributed by atoms with Crippen LogP contribution in [0.15, 0.2) is 36.9 Å². The van der Waals surface area contributed by atoms with Crippen LogP contribution in [0, 0.1) is 0 Å². The van der Waals surface area contributed by atoms with Crippen LogP contribution in [-0.2, 0) is 6.42 Å². The van der Waals surface area contributed by atoms with Crippen LogP contribution >= 0.6 is 0 Å². The summed E-state index contributed by atoms with van der Waals surface area (Å²) in [6.07, 6.45) is 2.68. The van der Waals surface area contributed by atoms with E-state index in [0.717, 1.165) is 50.5 Å². The third-order valence-corrected chi connectivity index (χ3v) is 3.91. The molecule has 22 heavy (non-hydrogen) atoms. The zero-order valence-electron chi connectivity index (χ0n) is 13.3. The summed E-state index contributed by atoms with van der Waals surface area (Å²) in [7, 11) is 1.67. The monoisotopic (exact) mass is 303 g/mol. The van der Waals surface area contributed by atoms with Crippen molar-refractivity contribution in [2.24, 2.45) is 0 Å². The van der Waals surface area contributed by atoms with Crippen molar-refractivity contribution in [3.05, 3.63) is 42.5 Å². The normalized spacial score (nSPS) is 15.4. The summed E-state index contributed by atoms with van der Waals surface area (Å²) in [6.45, 7) is 8.62. The lowest BCUT2D eigenvalue weighted by Crippen LogP contribution is -2.51. The number of urea groups is 1. The summed E-state index contributed by atoms with van der Waals surface area (Å²) >= 11 is 0. The van der Waals surface area contributed by atoms with E-state index >= 15 is 0 Å². The fourth-order valence-corrected chi connectivity index (χ4v) is 2.64. The molecule has 1 aromatic carbocycles. The highest BCUT2D eigenvalue weighted by Crippen LogP contribution is 2.17. The van der Waals surface area contributed by atoms with Gasteiger partial charge in [-0.15, -0.1) is 6.58 Å². The predicted octanol–water partition coefficient (Wildman–Crippen LogP) is 1.75. The van der Waals surface area contributed by atoms with Crippen LogP contribution in [-0.4, -0.2) is 62.2 Å². The molecular weight excluding hydrogens is 278 g/mol. The van der Waals surface area contributed by atoms with Crippen molar-refractivity contribution < 1.29 is 9.53 Å². The smallest absolute Gasteiger partial charge is 0.317 e. The van der Waals surface area contributed by atoms with Gasteiger partial charge < -0.3 is 15.0 Å². The quantitative estimate of drug-likeness (QED) is 0.814. The van der Waals surface area contributed by atoms with E-state index in [9.17, 15) is 4.79 Å². The molecule has 0 bridgehead atoms. The molecule has 5 nitrogen and oxygen atoms in total. The number of amides is 2. The van der Waals surface area contributed by atoms with E-state index in [0.29, 0.717) is 6.54 Å². The van der Waals surface area contributed by atoms with Crippen LogP contribution in [0.25, 0.3) is 0 Å². The number of rotatable bonds is 6. The number of nitrogens with one attached hydrogen (secondary N) is 1. The molecule has 5 heteroatoms. The first-order valence-corrected chi connectivity index (χ1v) is 7.72. The molecule has 1 aliphatic rings. The second-order valence-electron chi connectivity index (χ2n) is 5.37. The highest BCUT2D eigenvalue weighted by molar-refractivity contribution is 5.74. The lowest BCUT2D eigenvalue weighted by Gasteiger charge is -2.34.